The summed E-state index contributed by atoms with van der Waals surface area (Å²) in [6, 6.07) is 3.71. The number of hydrogen-bond acceptors (Lipinski definition) is 8. The molecule has 2 fully saturated rings. The molecule has 5 rings (SSSR count). The van der Waals surface area contributed by atoms with Crippen molar-refractivity contribution >= 4 is 29.3 Å². The maximum Gasteiger partial charge on any atom is 0.419 e. The summed E-state index contributed by atoms with van der Waals surface area (Å²) in [5.41, 5.74) is 5.92. The first-order chi connectivity index (χ1) is 17.3. The van der Waals surface area contributed by atoms with Gasteiger partial charge < -0.3 is 30.4 Å². The molecule has 13 heteroatoms. The van der Waals surface area contributed by atoms with Crippen molar-refractivity contribution < 1.29 is 27.8 Å². The predicted octanol–water partition coefficient (Wildman–Crippen LogP) is 2.89. The lowest BCUT2D eigenvalue weighted by Gasteiger charge is -2.27. The molecule has 0 saturated carbocycles. The van der Waals surface area contributed by atoms with Crippen LogP contribution in [0.2, 0.25) is 0 Å². The van der Waals surface area contributed by atoms with Crippen LogP contribution in [-0.2, 0) is 15.7 Å². The Kier molecular flexibility index (Phi) is 7.89. The fourth-order valence-electron chi connectivity index (χ4n) is 4.42. The normalized spacial score (nSPS) is 18.9. The first kappa shape index (κ1) is 25.6. The summed E-state index contributed by atoms with van der Waals surface area (Å²) in [5.74, 6) is 1.05. The summed E-state index contributed by atoms with van der Waals surface area (Å²) in [7, 11) is 0. The lowest BCUT2D eigenvalue weighted by Crippen LogP contribution is -2.36. The Labute approximate surface area is 205 Å². The van der Waals surface area contributed by atoms with Crippen LogP contribution in [-0.4, -0.2) is 76.9 Å². The number of ether oxygens (including phenoxy) is 1. The quantitative estimate of drug-likeness (QED) is 0.458. The molecular weight excluding hydrogens is 479 g/mol. The first-order valence-corrected chi connectivity index (χ1v) is 11.7. The van der Waals surface area contributed by atoms with Crippen molar-refractivity contribution in [3.63, 3.8) is 0 Å². The number of aromatic nitrogens is 4. The summed E-state index contributed by atoms with van der Waals surface area (Å²) in [6.45, 7) is 3.71. The zero-order valence-electron chi connectivity index (χ0n) is 19.5. The van der Waals surface area contributed by atoms with E-state index in [1.54, 1.807) is 12.3 Å². The van der Waals surface area contributed by atoms with Gasteiger partial charge in [0.15, 0.2) is 0 Å². The number of nitrogens with two attached hydrogens (primary N) is 1. The fraction of sp³-hybridized carbons (Fsp3) is 0.478. The number of rotatable bonds is 3. The molecule has 2 aliphatic rings. The molecular formula is C23H28F3N7O3. The average Bonchev–Trinajstić information content (AvgIpc) is 3.17. The number of nitrogens with one attached hydrogen (secondary N) is 1. The molecule has 0 aromatic carbocycles. The minimum atomic E-state index is -4.58. The van der Waals surface area contributed by atoms with Crippen LogP contribution in [0.15, 0.2) is 24.5 Å². The number of fused-ring (bicyclic) bond motifs is 1. The Morgan fingerprint density at radius 1 is 1.11 bits per heavy atom. The van der Waals surface area contributed by atoms with Crippen LogP contribution in [0.5, 0.6) is 0 Å². The number of anilines is 2. The van der Waals surface area contributed by atoms with Crippen LogP contribution >= 0.6 is 0 Å². The van der Waals surface area contributed by atoms with E-state index in [0.717, 1.165) is 44.4 Å². The molecule has 2 aliphatic heterocycles. The van der Waals surface area contributed by atoms with E-state index in [2.05, 4.69) is 24.8 Å². The Bertz CT molecular complexity index is 1180. The molecule has 0 amide bonds. The van der Waals surface area contributed by atoms with Gasteiger partial charge in [0.25, 0.3) is 6.47 Å². The van der Waals surface area contributed by atoms with E-state index in [4.69, 9.17) is 20.4 Å². The Balaban J connectivity index is 0.000000967. The summed E-state index contributed by atoms with van der Waals surface area (Å²) in [6.07, 6.45) is 0.323. The fourth-order valence-corrected chi connectivity index (χ4v) is 4.42. The molecule has 36 heavy (non-hydrogen) atoms. The van der Waals surface area contributed by atoms with Crippen molar-refractivity contribution in [3.8, 4) is 11.3 Å². The summed E-state index contributed by atoms with van der Waals surface area (Å²) >= 11 is 0. The highest BCUT2D eigenvalue weighted by Crippen LogP contribution is 2.39. The molecule has 0 bridgehead atoms. The van der Waals surface area contributed by atoms with E-state index in [1.807, 2.05) is 11.0 Å². The standard InChI is InChI=1S/C22H26F3N7O.CH2O2/c23-22(24,25)17-13-28-21(32-6-1-2-14(26)5-7-32)30-19(17)16-12-27-20-15(16)3-4-18(29-20)31-8-10-33-11-9-31;2-1-3/h3-4,12-14H,1-2,5-11,26H2,(H,27,29);1H,(H,2,3). The van der Waals surface area contributed by atoms with Crippen LogP contribution in [0.1, 0.15) is 24.8 Å². The molecule has 0 spiro atoms. The van der Waals surface area contributed by atoms with Gasteiger partial charge in [-0.1, -0.05) is 0 Å². The second kappa shape index (κ2) is 11.1. The summed E-state index contributed by atoms with van der Waals surface area (Å²) < 4.78 is 47.0. The van der Waals surface area contributed by atoms with E-state index in [0.29, 0.717) is 48.8 Å². The number of pyridine rings is 1. The van der Waals surface area contributed by atoms with Gasteiger partial charge in [0.1, 0.15) is 17.0 Å². The van der Waals surface area contributed by atoms with Gasteiger partial charge in [0, 0.05) is 55.6 Å². The maximum atomic E-state index is 13.9. The highest BCUT2D eigenvalue weighted by molar-refractivity contribution is 5.94. The van der Waals surface area contributed by atoms with E-state index in [9.17, 15) is 13.2 Å². The molecule has 3 aromatic heterocycles. The van der Waals surface area contributed by atoms with Crippen LogP contribution in [0.3, 0.4) is 0 Å². The number of carboxylic acid groups (broad SMARTS) is 1. The number of carbonyl (C=O) groups is 1. The van der Waals surface area contributed by atoms with Crippen molar-refractivity contribution in [1.29, 1.82) is 0 Å². The number of hydrogen-bond donors (Lipinski definition) is 3. The molecule has 1 atom stereocenters. The van der Waals surface area contributed by atoms with Crippen molar-refractivity contribution in [2.24, 2.45) is 5.73 Å². The van der Waals surface area contributed by atoms with Crippen LogP contribution in [0.25, 0.3) is 22.3 Å². The minimum Gasteiger partial charge on any atom is -0.483 e. The molecule has 2 saturated heterocycles. The molecule has 10 nitrogen and oxygen atoms in total. The predicted molar refractivity (Wildman–Crippen MR) is 128 cm³/mol. The smallest absolute Gasteiger partial charge is 0.419 e. The third-order valence-corrected chi connectivity index (χ3v) is 6.25. The SMILES string of the molecule is NC1CCCN(c2ncc(C(F)(F)F)c(-c3c[nH]c4nc(N5CCOCC5)ccc34)n2)CC1.O=CO. The summed E-state index contributed by atoms with van der Waals surface area (Å²) in [5, 5.41) is 7.47. The van der Waals surface area contributed by atoms with Crippen molar-refractivity contribution in [2.45, 2.75) is 31.5 Å². The molecule has 4 N–H and O–H groups in total. The molecule has 1 unspecified atom stereocenters. The molecule has 194 valence electrons. The third kappa shape index (κ3) is 5.68. The van der Waals surface area contributed by atoms with Gasteiger partial charge in [-0.25, -0.2) is 15.0 Å². The Morgan fingerprint density at radius 3 is 2.58 bits per heavy atom. The second-order valence-electron chi connectivity index (χ2n) is 8.58. The van der Waals surface area contributed by atoms with Gasteiger partial charge in [-0.05, 0) is 31.4 Å². The number of aromatic amines is 1. The van der Waals surface area contributed by atoms with Gasteiger partial charge in [-0.15, -0.1) is 0 Å². The van der Waals surface area contributed by atoms with Gasteiger partial charge in [0.2, 0.25) is 5.95 Å². The first-order valence-electron chi connectivity index (χ1n) is 11.7. The number of halogens is 3. The monoisotopic (exact) mass is 507 g/mol. The van der Waals surface area contributed by atoms with E-state index in [1.165, 1.54) is 0 Å². The van der Waals surface area contributed by atoms with Crippen molar-refractivity contribution in [1.82, 2.24) is 19.9 Å². The van der Waals surface area contributed by atoms with E-state index >= 15 is 0 Å². The second-order valence-corrected chi connectivity index (χ2v) is 8.58. The Morgan fingerprint density at radius 2 is 1.86 bits per heavy atom. The van der Waals surface area contributed by atoms with Crippen molar-refractivity contribution in [3.05, 3.63) is 30.1 Å². The largest absolute Gasteiger partial charge is 0.483 e. The number of nitrogens with zero attached hydrogens (tertiary/aromatic N) is 5. The van der Waals surface area contributed by atoms with E-state index < -0.39 is 11.7 Å². The van der Waals surface area contributed by atoms with Gasteiger partial charge in [-0.3, -0.25) is 4.79 Å². The molecule has 5 heterocycles. The van der Waals surface area contributed by atoms with Gasteiger partial charge in [0.05, 0.1) is 18.9 Å². The Hall–Kier alpha value is -3.45. The topological polar surface area (TPSA) is 133 Å². The zero-order valence-corrected chi connectivity index (χ0v) is 19.5. The molecule has 0 aliphatic carbocycles. The van der Waals surface area contributed by atoms with Crippen LogP contribution in [0, 0.1) is 0 Å². The number of morpholine rings is 1. The lowest BCUT2D eigenvalue weighted by molar-refractivity contribution is -0.137. The zero-order chi connectivity index (χ0) is 25.7. The van der Waals surface area contributed by atoms with Crippen molar-refractivity contribution in [2.75, 3.05) is 49.2 Å². The van der Waals surface area contributed by atoms with Crippen LogP contribution in [0.4, 0.5) is 24.9 Å². The van der Waals surface area contributed by atoms with Crippen LogP contribution < -0.4 is 15.5 Å². The van der Waals surface area contributed by atoms with Gasteiger partial charge >= 0.3 is 6.18 Å². The average molecular weight is 508 g/mol. The highest BCUT2D eigenvalue weighted by Gasteiger charge is 2.36. The molecule has 0 radical (unpaired) electrons. The number of H-pyrrole nitrogens is 1. The van der Waals surface area contributed by atoms with E-state index in [-0.39, 0.29) is 18.2 Å². The molecule has 3 aromatic rings. The number of alkyl halides is 3. The highest BCUT2D eigenvalue weighted by atomic mass is 19.4. The van der Waals surface area contributed by atoms with Gasteiger partial charge in [-0.2, -0.15) is 13.2 Å². The maximum absolute atomic E-state index is 13.9. The minimum absolute atomic E-state index is 0.0873. The third-order valence-electron chi connectivity index (χ3n) is 6.25. The lowest BCUT2D eigenvalue weighted by atomic mass is 10.1. The summed E-state index contributed by atoms with van der Waals surface area (Å²) in [4.78, 5) is 28.5.